The standard InChI is InChI=1S/C17H18N4O5S/c1-27(25,26)15-9-12(8-14(10-15)21(23)24)17(22)19-16-5-4-13(11-18-16)20-6-2-3-7-20/h4-5,8-11H,2-3,6-7H2,1H3,(H,18,19,22). The molecule has 0 spiro atoms. The molecule has 0 unspecified atom stereocenters. The number of aromatic nitrogens is 1. The van der Waals surface area contributed by atoms with Crippen LogP contribution in [0.25, 0.3) is 0 Å². The fourth-order valence-corrected chi connectivity index (χ4v) is 3.52. The second kappa shape index (κ2) is 7.31. The maximum Gasteiger partial charge on any atom is 0.271 e. The molecular weight excluding hydrogens is 372 g/mol. The van der Waals surface area contributed by atoms with Crippen LogP contribution in [0.15, 0.2) is 41.4 Å². The molecular formula is C17H18N4O5S. The van der Waals surface area contributed by atoms with Crippen LogP contribution >= 0.6 is 0 Å². The zero-order chi connectivity index (χ0) is 19.6. The van der Waals surface area contributed by atoms with Crippen LogP contribution in [0, 0.1) is 10.1 Å². The summed E-state index contributed by atoms with van der Waals surface area (Å²) in [6.07, 6.45) is 4.84. The molecule has 2 aromatic rings. The molecule has 1 N–H and O–H groups in total. The maximum atomic E-state index is 12.4. The van der Waals surface area contributed by atoms with Gasteiger partial charge in [-0.3, -0.25) is 14.9 Å². The molecule has 0 bridgehead atoms. The van der Waals surface area contributed by atoms with Crippen molar-refractivity contribution in [2.45, 2.75) is 17.7 Å². The minimum Gasteiger partial charge on any atom is -0.370 e. The third kappa shape index (κ3) is 4.40. The molecule has 2 heterocycles. The summed E-state index contributed by atoms with van der Waals surface area (Å²) in [5.41, 5.74) is 0.357. The molecule has 142 valence electrons. The van der Waals surface area contributed by atoms with Gasteiger partial charge in [0, 0.05) is 37.0 Å². The SMILES string of the molecule is CS(=O)(=O)c1cc(C(=O)Nc2ccc(N3CCCC3)cn2)cc([N+](=O)[O-])c1. The highest BCUT2D eigenvalue weighted by Crippen LogP contribution is 2.23. The number of nitro benzene ring substituents is 1. The van der Waals surface area contributed by atoms with Crippen LogP contribution in [0.4, 0.5) is 17.2 Å². The highest BCUT2D eigenvalue weighted by Gasteiger charge is 2.19. The number of nitrogens with zero attached hydrogens (tertiary/aromatic N) is 3. The van der Waals surface area contributed by atoms with E-state index in [9.17, 15) is 23.3 Å². The molecule has 1 aliphatic heterocycles. The highest BCUT2D eigenvalue weighted by atomic mass is 32.2. The highest BCUT2D eigenvalue weighted by molar-refractivity contribution is 7.90. The van der Waals surface area contributed by atoms with Crippen LogP contribution in [-0.2, 0) is 9.84 Å². The van der Waals surface area contributed by atoms with Crippen molar-refractivity contribution in [2.75, 3.05) is 29.6 Å². The fourth-order valence-electron chi connectivity index (χ4n) is 2.84. The Bertz CT molecular complexity index is 983. The molecule has 0 saturated carbocycles. The summed E-state index contributed by atoms with van der Waals surface area (Å²) in [7, 11) is -3.71. The number of nitrogens with one attached hydrogen (secondary N) is 1. The first-order valence-corrected chi connectivity index (χ1v) is 10.1. The number of non-ortho nitro benzene ring substituents is 1. The second-order valence-corrected chi connectivity index (χ2v) is 8.31. The first-order chi connectivity index (χ1) is 12.7. The predicted molar refractivity (Wildman–Crippen MR) is 99.8 cm³/mol. The van der Waals surface area contributed by atoms with Crippen LogP contribution in [-0.4, -0.2) is 43.6 Å². The Kier molecular flexibility index (Phi) is 5.08. The quantitative estimate of drug-likeness (QED) is 0.613. The van der Waals surface area contributed by atoms with Crippen LogP contribution in [0.2, 0.25) is 0 Å². The first kappa shape index (κ1) is 18.8. The van der Waals surface area contributed by atoms with Crippen LogP contribution < -0.4 is 10.2 Å². The van der Waals surface area contributed by atoms with Gasteiger partial charge in [-0.2, -0.15) is 0 Å². The van der Waals surface area contributed by atoms with Crippen molar-refractivity contribution in [3.8, 4) is 0 Å². The third-order valence-corrected chi connectivity index (χ3v) is 5.35. The molecule has 1 saturated heterocycles. The summed E-state index contributed by atoms with van der Waals surface area (Å²) in [6, 6.07) is 6.54. The van der Waals surface area contributed by atoms with Gasteiger partial charge >= 0.3 is 0 Å². The molecule has 1 amide bonds. The lowest BCUT2D eigenvalue weighted by molar-refractivity contribution is -0.385. The minimum atomic E-state index is -3.71. The van der Waals surface area contributed by atoms with E-state index in [0.717, 1.165) is 56.1 Å². The number of anilines is 2. The zero-order valence-corrected chi connectivity index (χ0v) is 15.4. The molecule has 1 aliphatic rings. The van der Waals surface area contributed by atoms with Crippen LogP contribution in [0.3, 0.4) is 0 Å². The van der Waals surface area contributed by atoms with E-state index in [1.165, 1.54) is 0 Å². The van der Waals surface area contributed by atoms with E-state index in [2.05, 4.69) is 15.2 Å². The van der Waals surface area contributed by atoms with Crippen molar-refractivity contribution in [3.63, 3.8) is 0 Å². The van der Waals surface area contributed by atoms with E-state index < -0.39 is 26.4 Å². The van der Waals surface area contributed by atoms with Crippen LogP contribution in [0.5, 0.6) is 0 Å². The third-order valence-electron chi connectivity index (χ3n) is 4.25. The molecule has 0 radical (unpaired) electrons. The zero-order valence-electron chi connectivity index (χ0n) is 14.6. The minimum absolute atomic E-state index is 0.130. The van der Waals surface area contributed by atoms with E-state index in [0.29, 0.717) is 0 Å². The largest absolute Gasteiger partial charge is 0.370 e. The summed E-state index contributed by atoms with van der Waals surface area (Å²) in [6.45, 7) is 1.94. The first-order valence-electron chi connectivity index (χ1n) is 8.26. The van der Waals surface area contributed by atoms with E-state index >= 15 is 0 Å². The topological polar surface area (TPSA) is 123 Å². The number of benzene rings is 1. The van der Waals surface area contributed by atoms with Crippen LogP contribution in [0.1, 0.15) is 23.2 Å². The van der Waals surface area contributed by atoms with E-state index in [4.69, 9.17) is 0 Å². The number of sulfone groups is 1. The predicted octanol–water partition coefficient (Wildman–Crippen LogP) is 2.25. The smallest absolute Gasteiger partial charge is 0.271 e. The number of rotatable bonds is 5. The molecule has 27 heavy (non-hydrogen) atoms. The number of nitro groups is 1. The summed E-state index contributed by atoms with van der Waals surface area (Å²) in [4.78, 5) is 28.8. The normalized spacial score (nSPS) is 14.2. The number of pyridine rings is 1. The number of hydrogen-bond donors (Lipinski definition) is 1. The average molecular weight is 390 g/mol. The average Bonchev–Trinajstić information content (AvgIpc) is 3.16. The van der Waals surface area contributed by atoms with Gasteiger partial charge in [-0.25, -0.2) is 13.4 Å². The van der Waals surface area contributed by atoms with Gasteiger partial charge in [-0.05, 0) is 31.0 Å². The van der Waals surface area contributed by atoms with Gasteiger partial charge in [-0.1, -0.05) is 0 Å². The molecule has 0 aliphatic carbocycles. The lowest BCUT2D eigenvalue weighted by Crippen LogP contribution is -2.18. The summed E-state index contributed by atoms with van der Waals surface area (Å²) in [5.74, 6) is -0.402. The number of carbonyl (C=O) groups excluding carboxylic acids is 1. The molecule has 1 aromatic heterocycles. The Hall–Kier alpha value is -3.01. The van der Waals surface area contributed by atoms with Gasteiger partial charge in [0.1, 0.15) is 5.82 Å². The Balaban J connectivity index is 1.83. The van der Waals surface area contributed by atoms with E-state index in [1.807, 2.05) is 6.07 Å². The Morgan fingerprint density at radius 1 is 1.22 bits per heavy atom. The van der Waals surface area contributed by atoms with Gasteiger partial charge in [-0.15, -0.1) is 0 Å². The Labute approximate surface area is 156 Å². The van der Waals surface area contributed by atoms with Gasteiger partial charge < -0.3 is 10.2 Å². The van der Waals surface area contributed by atoms with Crippen molar-refractivity contribution in [1.29, 1.82) is 0 Å². The van der Waals surface area contributed by atoms with Crippen molar-refractivity contribution in [1.82, 2.24) is 4.98 Å². The van der Waals surface area contributed by atoms with Gasteiger partial charge in [0.25, 0.3) is 11.6 Å². The molecule has 3 rings (SSSR count). The van der Waals surface area contributed by atoms with E-state index in [1.54, 1.807) is 12.3 Å². The van der Waals surface area contributed by atoms with Crippen molar-refractivity contribution in [2.24, 2.45) is 0 Å². The molecule has 1 aromatic carbocycles. The van der Waals surface area contributed by atoms with Crippen molar-refractivity contribution < 1.29 is 18.1 Å². The number of amides is 1. The van der Waals surface area contributed by atoms with Crippen molar-refractivity contribution in [3.05, 3.63) is 52.2 Å². The summed E-state index contributed by atoms with van der Waals surface area (Å²) in [5, 5.41) is 13.6. The lowest BCUT2D eigenvalue weighted by atomic mass is 10.2. The Morgan fingerprint density at radius 3 is 2.48 bits per heavy atom. The van der Waals surface area contributed by atoms with Gasteiger partial charge in [0.15, 0.2) is 9.84 Å². The van der Waals surface area contributed by atoms with Gasteiger partial charge in [0.2, 0.25) is 0 Å². The van der Waals surface area contributed by atoms with Crippen molar-refractivity contribution >= 4 is 32.9 Å². The lowest BCUT2D eigenvalue weighted by Gasteiger charge is -2.17. The molecule has 10 heteroatoms. The summed E-state index contributed by atoms with van der Waals surface area (Å²) < 4.78 is 23.5. The fraction of sp³-hybridized carbons (Fsp3) is 0.294. The maximum absolute atomic E-state index is 12.4. The summed E-state index contributed by atoms with van der Waals surface area (Å²) >= 11 is 0. The van der Waals surface area contributed by atoms with E-state index in [-0.39, 0.29) is 16.3 Å². The number of carbonyl (C=O) groups is 1. The van der Waals surface area contributed by atoms with Gasteiger partial charge in [0.05, 0.1) is 21.7 Å². The monoisotopic (exact) mass is 390 g/mol. The number of hydrogen-bond acceptors (Lipinski definition) is 7. The Morgan fingerprint density at radius 2 is 1.93 bits per heavy atom. The second-order valence-electron chi connectivity index (χ2n) is 6.29. The molecule has 0 atom stereocenters. The molecule has 9 nitrogen and oxygen atoms in total. The molecule has 1 fully saturated rings.